The summed E-state index contributed by atoms with van der Waals surface area (Å²) in [6.07, 6.45) is 7.28. The molecule has 0 aliphatic carbocycles. The third kappa shape index (κ3) is 12.5. The molecule has 0 saturated carbocycles. The molecule has 0 aromatic rings. The van der Waals surface area contributed by atoms with Gasteiger partial charge in [0.1, 0.15) is 0 Å². The molecular formula is C12H25KO4S. The van der Waals surface area contributed by atoms with Gasteiger partial charge in [0, 0.05) is 11.9 Å². The second-order valence-corrected chi connectivity index (χ2v) is 6.19. The fourth-order valence-corrected chi connectivity index (χ4v) is 2.80. The summed E-state index contributed by atoms with van der Waals surface area (Å²) in [4.78, 5) is 0. The van der Waals surface area contributed by atoms with E-state index in [2.05, 4.69) is 6.92 Å². The van der Waals surface area contributed by atoms with Gasteiger partial charge in [0.05, 0.1) is 10.1 Å². The molecule has 0 bridgehead atoms. The van der Waals surface area contributed by atoms with Crippen molar-refractivity contribution in [2.24, 2.45) is 0 Å². The van der Waals surface area contributed by atoms with Gasteiger partial charge < -0.3 is 9.66 Å². The van der Waals surface area contributed by atoms with Crippen LogP contribution in [0.4, 0.5) is 0 Å². The SMILES string of the molecule is CCCCCCCC(CCCCO)S(=O)(=O)[O-].[K+]. The molecule has 18 heavy (non-hydrogen) atoms. The van der Waals surface area contributed by atoms with E-state index in [4.69, 9.17) is 5.11 Å². The minimum atomic E-state index is -4.17. The molecule has 0 rings (SSSR count). The van der Waals surface area contributed by atoms with Crippen molar-refractivity contribution in [1.82, 2.24) is 0 Å². The number of aliphatic hydroxyl groups excluding tert-OH is 1. The van der Waals surface area contributed by atoms with Crippen molar-refractivity contribution in [1.29, 1.82) is 0 Å². The molecule has 0 aromatic carbocycles. The zero-order valence-electron chi connectivity index (χ0n) is 11.7. The van der Waals surface area contributed by atoms with Crippen molar-refractivity contribution in [3.63, 3.8) is 0 Å². The van der Waals surface area contributed by atoms with Crippen LogP contribution in [0.15, 0.2) is 0 Å². The summed E-state index contributed by atoms with van der Waals surface area (Å²) < 4.78 is 33.1. The molecule has 104 valence electrons. The van der Waals surface area contributed by atoms with Crippen molar-refractivity contribution in [2.75, 3.05) is 6.61 Å². The number of aliphatic hydroxyl groups is 1. The second kappa shape index (κ2) is 13.5. The molecule has 6 heteroatoms. The van der Waals surface area contributed by atoms with Crippen molar-refractivity contribution in [3.8, 4) is 0 Å². The Labute approximate surface area is 154 Å². The Kier molecular flexibility index (Phi) is 16.3. The first-order valence-corrected chi connectivity index (χ1v) is 8.05. The third-order valence-electron chi connectivity index (χ3n) is 2.97. The largest absolute Gasteiger partial charge is 1.00 e. The molecule has 0 radical (unpaired) electrons. The number of unbranched alkanes of at least 4 members (excludes halogenated alkanes) is 5. The summed E-state index contributed by atoms with van der Waals surface area (Å²) >= 11 is 0. The van der Waals surface area contributed by atoms with Gasteiger partial charge in [-0.05, 0) is 25.7 Å². The molecule has 1 unspecified atom stereocenters. The maximum Gasteiger partial charge on any atom is 1.00 e. The molecule has 0 saturated heterocycles. The number of hydrogen-bond donors (Lipinski definition) is 1. The molecular weight excluding hydrogens is 279 g/mol. The Hall–Kier alpha value is 1.51. The Morgan fingerprint density at radius 1 is 1.00 bits per heavy atom. The van der Waals surface area contributed by atoms with Gasteiger partial charge in [0.2, 0.25) is 0 Å². The van der Waals surface area contributed by atoms with Gasteiger partial charge in [-0.15, -0.1) is 0 Å². The first kappa shape index (κ1) is 21.8. The summed E-state index contributed by atoms with van der Waals surface area (Å²) in [7, 11) is -4.17. The van der Waals surface area contributed by atoms with Crippen LogP contribution in [0, 0.1) is 0 Å². The van der Waals surface area contributed by atoms with Crippen molar-refractivity contribution >= 4 is 10.1 Å². The van der Waals surface area contributed by atoms with E-state index in [1.165, 1.54) is 6.42 Å². The van der Waals surface area contributed by atoms with E-state index in [9.17, 15) is 13.0 Å². The summed E-state index contributed by atoms with van der Waals surface area (Å²) in [5.74, 6) is 0. The number of rotatable bonds is 11. The van der Waals surface area contributed by atoms with Crippen LogP contribution in [-0.2, 0) is 10.1 Å². The fourth-order valence-electron chi connectivity index (χ4n) is 1.89. The van der Waals surface area contributed by atoms with Gasteiger partial charge in [0.15, 0.2) is 0 Å². The van der Waals surface area contributed by atoms with Gasteiger partial charge in [-0.2, -0.15) is 0 Å². The van der Waals surface area contributed by atoms with Crippen LogP contribution >= 0.6 is 0 Å². The van der Waals surface area contributed by atoms with Crippen LogP contribution < -0.4 is 51.4 Å². The molecule has 0 amide bonds. The normalized spacial score (nSPS) is 13.1. The Balaban J connectivity index is 0. The van der Waals surface area contributed by atoms with E-state index >= 15 is 0 Å². The zero-order chi connectivity index (χ0) is 13.1. The van der Waals surface area contributed by atoms with Crippen LogP contribution in [0.5, 0.6) is 0 Å². The van der Waals surface area contributed by atoms with Crippen LogP contribution in [0.25, 0.3) is 0 Å². The van der Waals surface area contributed by atoms with E-state index in [0.29, 0.717) is 25.7 Å². The average molecular weight is 304 g/mol. The predicted molar refractivity (Wildman–Crippen MR) is 67.8 cm³/mol. The van der Waals surface area contributed by atoms with Gasteiger partial charge in [0.25, 0.3) is 0 Å². The van der Waals surface area contributed by atoms with Gasteiger partial charge in [-0.25, -0.2) is 8.42 Å². The monoisotopic (exact) mass is 304 g/mol. The first-order chi connectivity index (χ1) is 8.02. The predicted octanol–water partition coefficient (Wildman–Crippen LogP) is -0.573. The first-order valence-electron chi connectivity index (χ1n) is 6.58. The van der Waals surface area contributed by atoms with Crippen molar-refractivity contribution in [2.45, 2.75) is 70.0 Å². The molecule has 1 N–H and O–H groups in total. The molecule has 4 nitrogen and oxygen atoms in total. The minimum Gasteiger partial charge on any atom is -0.748 e. The zero-order valence-corrected chi connectivity index (χ0v) is 15.7. The summed E-state index contributed by atoms with van der Waals surface area (Å²) in [6, 6.07) is 0. The van der Waals surface area contributed by atoms with E-state index < -0.39 is 15.4 Å². The molecule has 0 aliphatic heterocycles. The van der Waals surface area contributed by atoms with E-state index in [1.807, 2.05) is 0 Å². The maximum atomic E-state index is 11.0. The topological polar surface area (TPSA) is 77.4 Å². The van der Waals surface area contributed by atoms with E-state index in [-0.39, 0.29) is 58.0 Å². The minimum absolute atomic E-state index is 0. The standard InChI is InChI=1S/C12H26O4S.K/c1-2-3-4-5-6-9-12(17(14,15)16)10-7-8-11-13;/h12-13H,2-11H2,1H3,(H,14,15,16);/q;+1/p-1. The quantitative estimate of drug-likeness (QED) is 0.315. The molecule has 0 heterocycles. The smallest absolute Gasteiger partial charge is 0.748 e. The molecule has 0 aliphatic rings. The summed E-state index contributed by atoms with van der Waals surface area (Å²) in [5.41, 5.74) is 0. The molecule has 1 atom stereocenters. The van der Waals surface area contributed by atoms with Gasteiger partial charge in [-0.3, -0.25) is 0 Å². The fraction of sp³-hybridized carbons (Fsp3) is 1.00. The Bertz CT molecular complexity index is 267. The van der Waals surface area contributed by atoms with Crippen molar-refractivity contribution in [3.05, 3.63) is 0 Å². The van der Waals surface area contributed by atoms with Gasteiger partial charge >= 0.3 is 51.4 Å². The van der Waals surface area contributed by atoms with E-state index in [0.717, 1.165) is 25.7 Å². The van der Waals surface area contributed by atoms with Crippen LogP contribution in [0.1, 0.15) is 64.7 Å². The van der Waals surface area contributed by atoms with Crippen LogP contribution in [0.2, 0.25) is 0 Å². The summed E-state index contributed by atoms with van der Waals surface area (Å²) in [6.45, 7) is 2.18. The van der Waals surface area contributed by atoms with Crippen molar-refractivity contribution < 1.29 is 69.5 Å². The molecule has 0 spiro atoms. The van der Waals surface area contributed by atoms with E-state index in [1.54, 1.807) is 0 Å². The molecule has 0 aromatic heterocycles. The maximum absolute atomic E-state index is 11.0. The Morgan fingerprint density at radius 3 is 1.94 bits per heavy atom. The van der Waals surface area contributed by atoms with Crippen LogP contribution in [0.3, 0.4) is 0 Å². The second-order valence-electron chi connectivity index (χ2n) is 4.54. The molecule has 0 fully saturated rings. The van der Waals surface area contributed by atoms with Gasteiger partial charge in [-0.1, -0.05) is 39.0 Å². The Morgan fingerprint density at radius 2 is 1.50 bits per heavy atom. The third-order valence-corrected chi connectivity index (χ3v) is 4.26. The number of hydrogen-bond acceptors (Lipinski definition) is 4. The summed E-state index contributed by atoms with van der Waals surface area (Å²) in [5, 5.41) is 7.87. The van der Waals surface area contributed by atoms with Crippen LogP contribution in [-0.4, -0.2) is 29.9 Å². The average Bonchev–Trinajstić information content (AvgIpc) is 2.25.